The third kappa shape index (κ3) is 3.72. The molecule has 0 aromatic heterocycles. The van der Waals surface area contributed by atoms with Crippen molar-refractivity contribution in [2.24, 2.45) is 17.3 Å². The second-order valence-corrected chi connectivity index (χ2v) is 7.38. The Hall–Kier alpha value is -0.0800. The summed E-state index contributed by atoms with van der Waals surface area (Å²) in [6.07, 6.45) is 10.0. The van der Waals surface area contributed by atoms with Crippen molar-refractivity contribution in [3.8, 4) is 0 Å². The molecule has 0 unspecified atom stereocenters. The number of unbranched alkanes of at least 4 members (excludes halogenated alkanes) is 1. The monoisotopic (exact) mass is 268 g/mol. The van der Waals surface area contributed by atoms with Gasteiger partial charge in [0.25, 0.3) is 0 Å². The van der Waals surface area contributed by atoms with Gasteiger partial charge in [-0.3, -0.25) is 0 Å². The van der Waals surface area contributed by atoms with Crippen molar-refractivity contribution in [3.05, 3.63) is 0 Å². The Morgan fingerprint density at radius 2 is 2.05 bits per heavy atom. The Labute approximate surface area is 118 Å². The fraction of sp³-hybridized carbons (Fsp3) is 1.00. The standard InChI is InChI=1S/C17H32O2/c1-4-5-11-17(2,3)16(18)9-7-13-6-8-15-14(13)10-12-19-15/h13-16,18H,4-12H2,1-3H3/t13-,14+,15-,16+/m0/s1. The minimum absolute atomic E-state index is 0.0835. The Morgan fingerprint density at radius 3 is 2.79 bits per heavy atom. The van der Waals surface area contributed by atoms with Crippen LogP contribution in [0.4, 0.5) is 0 Å². The first-order valence-electron chi connectivity index (χ1n) is 8.34. The topological polar surface area (TPSA) is 29.5 Å². The molecule has 2 nitrogen and oxygen atoms in total. The third-order valence-corrected chi connectivity index (χ3v) is 5.58. The third-order valence-electron chi connectivity index (χ3n) is 5.58. The Kier molecular flexibility index (Phi) is 5.30. The number of ether oxygens (including phenoxy) is 1. The summed E-state index contributed by atoms with van der Waals surface area (Å²) in [5, 5.41) is 10.5. The maximum absolute atomic E-state index is 10.5. The van der Waals surface area contributed by atoms with Gasteiger partial charge in [-0.1, -0.05) is 33.6 Å². The highest BCUT2D eigenvalue weighted by atomic mass is 16.5. The highest BCUT2D eigenvalue weighted by Gasteiger charge is 2.40. The average Bonchev–Trinajstić information content (AvgIpc) is 2.96. The first kappa shape index (κ1) is 15.3. The van der Waals surface area contributed by atoms with Gasteiger partial charge in [0.2, 0.25) is 0 Å². The zero-order valence-corrected chi connectivity index (χ0v) is 13.0. The van der Waals surface area contributed by atoms with Gasteiger partial charge in [-0.25, -0.2) is 0 Å². The van der Waals surface area contributed by atoms with E-state index in [1.807, 2.05) is 0 Å². The quantitative estimate of drug-likeness (QED) is 0.751. The fourth-order valence-corrected chi connectivity index (χ4v) is 4.01. The average molecular weight is 268 g/mol. The number of fused-ring (bicyclic) bond motifs is 1. The van der Waals surface area contributed by atoms with Crippen LogP contribution in [0.5, 0.6) is 0 Å². The lowest BCUT2D eigenvalue weighted by atomic mass is 9.78. The second kappa shape index (κ2) is 6.58. The van der Waals surface area contributed by atoms with Crippen molar-refractivity contribution in [3.63, 3.8) is 0 Å². The summed E-state index contributed by atoms with van der Waals surface area (Å²) in [6.45, 7) is 7.64. The van der Waals surface area contributed by atoms with Gasteiger partial charge in [-0.05, 0) is 55.8 Å². The van der Waals surface area contributed by atoms with E-state index in [2.05, 4.69) is 20.8 Å². The maximum Gasteiger partial charge on any atom is 0.0606 e. The van der Waals surface area contributed by atoms with Crippen LogP contribution < -0.4 is 0 Å². The molecule has 2 aliphatic rings. The molecule has 0 aromatic carbocycles. The Bertz CT molecular complexity index is 274. The summed E-state index contributed by atoms with van der Waals surface area (Å²) in [7, 11) is 0. The molecular weight excluding hydrogens is 236 g/mol. The van der Waals surface area contributed by atoms with E-state index in [1.54, 1.807) is 0 Å². The van der Waals surface area contributed by atoms with Gasteiger partial charge in [-0.15, -0.1) is 0 Å². The van der Waals surface area contributed by atoms with Gasteiger partial charge in [0.15, 0.2) is 0 Å². The zero-order valence-electron chi connectivity index (χ0n) is 13.0. The van der Waals surface area contributed by atoms with Crippen LogP contribution in [0.1, 0.15) is 72.1 Å². The van der Waals surface area contributed by atoms with Gasteiger partial charge < -0.3 is 9.84 Å². The molecule has 0 bridgehead atoms. The lowest BCUT2D eigenvalue weighted by Gasteiger charge is -2.31. The molecule has 0 radical (unpaired) electrons. The Morgan fingerprint density at radius 1 is 1.26 bits per heavy atom. The normalized spacial score (nSPS) is 32.5. The first-order chi connectivity index (χ1) is 9.04. The summed E-state index contributed by atoms with van der Waals surface area (Å²) in [4.78, 5) is 0. The van der Waals surface area contributed by atoms with Gasteiger partial charge in [0.1, 0.15) is 0 Å². The van der Waals surface area contributed by atoms with E-state index in [0.717, 1.165) is 31.3 Å². The molecule has 2 rings (SSSR count). The summed E-state index contributed by atoms with van der Waals surface area (Å²) in [6, 6.07) is 0. The van der Waals surface area contributed by atoms with Crippen LogP contribution in [0.3, 0.4) is 0 Å². The van der Waals surface area contributed by atoms with Gasteiger partial charge in [0, 0.05) is 6.61 Å². The lowest BCUT2D eigenvalue weighted by Crippen LogP contribution is -2.30. The molecule has 1 saturated carbocycles. The maximum atomic E-state index is 10.5. The van der Waals surface area contributed by atoms with Crippen LogP contribution in [0.25, 0.3) is 0 Å². The molecule has 1 aliphatic carbocycles. The summed E-state index contributed by atoms with van der Waals surface area (Å²) >= 11 is 0. The smallest absolute Gasteiger partial charge is 0.0606 e. The lowest BCUT2D eigenvalue weighted by molar-refractivity contribution is 0.0287. The van der Waals surface area contributed by atoms with E-state index >= 15 is 0 Å². The van der Waals surface area contributed by atoms with E-state index in [9.17, 15) is 5.11 Å². The van der Waals surface area contributed by atoms with E-state index in [1.165, 1.54) is 38.5 Å². The van der Waals surface area contributed by atoms with Crippen molar-refractivity contribution in [1.82, 2.24) is 0 Å². The first-order valence-corrected chi connectivity index (χ1v) is 8.34. The molecule has 0 spiro atoms. The van der Waals surface area contributed by atoms with Crippen LogP contribution in [-0.4, -0.2) is 23.9 Å². The summed E-state index contributed by atoms with van der Waals surface area (Å²) < 4.78 is 5.77. The molecule has 1 saturated heterocycles. The van der Waals surface area contributed by atoms with Crippen molar-refractivity contribution in [1.29, 1.82) is 0 Å². The predicted molar refractivity (Wildman–Crippen MR) is 79.1 cm³/mol. The van der Waals surface area contributed by atoms with E-state index < -0.39 is 0 Å². The van der Waals surface area contributed by atoms with Crippen LogP contribution in [-0.2, 0) is 4.74 Å². The fourth-order valence-electron chi connectivity index (χ4n) is 4.01. The molecule has 0 aromatic rings. The van der Waals surface area contributed by atoms with Crippen LogP contribution >= 0.6 is 0 Å². The molecule has 4 atom stereocenters. The summed E-state index contributed by atoms with van der Waals surface area (Å²) in [5.41, 5.74) is 0.0835. The number of hydrogen-bond acceptors (Lipinski definition) is 2. The minimum atomic E-state index is -0.138. The number of aliphatic hydroxyl groups excluding tert-OH is 1. The number of hydrogen-bond donors (Lipinski definition) is 1. The molecule has 2 fully saturated rings. The zero-order chi connectivity index (χ0) is 13.9. The van der Waals surface area contributed by atoms with Crippen molar-refractivity contribution < 1.29 is 9.84 Å². The summed E-state index contributed by atoms with van der Waals surface area (Å²) in [5.74, 6) is 1.61. The van der Waals surface area contributed by atoms with E-state index in [-0.39, 0.29) is 11.5 Å². The number of aliphatic hydroxyl groups is 1. The van der Waals surface area contributed by atoms with E-state index in [0.29, 0.717) is 6.10 Å². The predicted octanol–water partition coefficient (Wildman–Crippen LogP) is 4.16. The van der Waals surface area contributed by atoms with Gasteiger partial charge in [0.05, 0.1) is 12.2 Å². The molecule has 19 heavy (non-hydrogen) atoms. The molecule has 1 heterocycles. The number of rotatable bonds is 7. The van der Waals surface area contributed by atoms with Crippen molar-refractivity contribution >= 4 is 0 Å². The molecule has 1 aliphatic heterocycles. The van der Waals surface area contributed by atoms with Gasteiger partial charge in [-0.2, -0.15) is 0 Å². The largest absolute Gasteiger partial charge is 0.393 e. The second-order valence-electron chi connectivity index (χ2n) is 7.38. The highest BCUT2D eigenvalue weighted by molar-refractivity contribution is 4.90. The molecule has 2 heteroatoms. The van der Waals surface area contributed by atoms with Crippen molar-refractivity contribution in [2.75, 3.05) is 6.61 Å². The Balaban J connectivity index is 1.75. The van der Waals surface area contributed by atoms with E-state index in [4.69, 9.17) is 4.74 Å². The minimum Gasteiger partial charge on any atom is -0.393 e. The van der Waals surface area contributed by atoms with Crippen LogP contribution in [0.15, 0.2) is 0 Å². The van der Waals surface area contributed by atoms with Crippen LogP contribution in [0.2, 0.25) is 0 Å². The van der Waals surface area contributed by atoms with Crippen LogP contribution in [0, 0.1) is 17.3 Å². The highest BCUT2D eigenvalue weighted by Crippen LogP contribution is 2.43. The molecule has 112 valence electrons. The SMILES string of the molecule is CCCCC(C)(C)[C@H](O)CC[C@@H]1CC[C@@H]2OCC[C@H]12. The van der Waals surface area contributed by atoms with Crippen molar-refractivity contribution in [2.45, 2.75) is 84.3 Å². The molecule has 0 amide bonds. The van der Waals surface area contributed by atoms with Gasteiger partial charge >= 0.3 is 0 Å². The molecule has 1 N–H and O–H groups in total. The molecular formula is C17H32O2.